The monoisotopic (exact) mass is 248 g/mol. The van der Waals surface area contributed by atoms with Gasteiger partial charge in [0.15, 0.2) is 0 Å². The summed E-state index contributed by atoms with van der Waals surface area (Å²) in [6.45, 7) is 3.56. The summed E-state index contributed by atoms with van der Waals surface area (Å²) in [4.78, 5) is 0. The molecule has 15 heavy (non-hydrogen) atoms. The zero-order valence-corrected chi connectivity index (χ0v) is 8.89. The second-order valence-electron chi connectivity index (χ2n) is 4.39. The third kappa shape index (κ3) is 2.44. The molecule has 0 aliphatic heterocycles. The molecular formula is C9H10ClF5. The maximum Gasteiger partial charge on any atom is 0.459 e. The third-order valence-electron chi connectivity index (χ3n) is 2.59. The fourth-order valence-electron chi connectivity index (χ4n) is 1.21. The quantitative estimate of drug-likeness (QED) is 0.637. The summed E-state index contributed by atoms with van der Waals surface area (Å²) < 4.78 is 60.9. The van der Waals surface area contributed by atoms with Crippen LogP contribution in [0.4, 0.5) is 22.0 Å². The van der Waals surface area contributed by atoms with Crippen LogP contribution < -0.4 is 0 Å². The maximum absolute atomic E-state index is 12.6. The number of allylic oxidation sites excluding steroid dienone is 2. The van der Waals surface area contributed by atoms with E-state index in [1.54, 1.807) is 13.8 Å². The molecular weight excluding hydrogens is 239 g/mol. The normalized spacial score (nSPS) is 26.7. The van der Waals surface area contributed by atoms with E-state index in [9.17, 15) is 22.0 Å². The van der Waals surface area contributed by atoms with Gasteiger partial charge in [-0.2, -0.15) is 22.0 Å². The van der Waals surface area contributed by atoms with Gasteiger partial charge in [0.05, 0.1) is 5.03 Å². The lowest BCUT2D eigenvalue weighted by Gasteiger charge is -2.18. The van der Waals surface area contributed by atoms with Gasteiger partial charge in [0.25, 0.3) is 0 Å². The fourth-order valence-corrected chi connectivity index (χ4v) is 1.47. The van der Waals surface area contributed by atoms with Crippen LogP contribution in [-0.4, -0.2) is 12.1 Å². The Kier molecular flexibility index (Phi) is 2.83. The van der Waals surface area contributed by atoms with E-state index in [1.807, 2.05) is 0 Å². The molecule has 1 fully saturated rings. The van der Waals surface area contributed by atoms with Crippen molar-refractivity contribution in [2.45, 2.75) is 32.4 Å². The summed E-state index contributed by atoms with van der Waals surface area (Å²) in [5.74, 6) is -5.23. The van der Waals surface area contributed by atoms with Gasteiger partial charge in [-0.1, -0.05) is 31.5 Å². The molecule has 0 spiro atoms. The molecule has 0 N–H and O–H groups in total. The van der Waals surface area contributed by atoms with Crippen LogP contribution in [0, 0.1) is 11.3 Å². The molecule has 0 heterocycles. The van der Waals surface area contributed by atoms with E-state index in [0.717, 1.165) is 6.08 Å². The van der Waals surface area contributed by atoms with Crippen molar-refractivity contribution >= 4 is 11.6 Å². The van der Waals surface area contributed by atoms with E-state index in [1.165, 1.54) is 0 Å². The number of hydrogen-bond acceptors (Lipinski definition) is 0. The van der Waals surface area contributed by atoms with Crippen LogP contribution in [0.3, 0.4) is 0 Å². The molecule has 0 aromatic heterocycles. The van der Waals surface area contributed by atoms with Crippen molar-refractivity contribution in [2.75, 3.05) is 0 Å². The second kappa shape index (κ2) is 3.34. The molecule has 1 aliphatic carbocycles. The highest BCUT2D eigenvalue weighted by atomic mass is 35.5. The first-order valence-electron chi connectivity index (χ1n) is 4.31. The Morgan fingerprint density at radius 2 is 1.67 bits per heavy atom. The number of rotatable bonds is 2. The van der Waals surface area contributed by atoms with Crippen LogP contribution >= 0.6 is 11.6 Å². The molecule has 0 radical (unpaired) electrons. The molecule has 0 aromatic carbocycles. The van der Waals surface area contributed by atoms with Crippen molar-refractivity contribution in [1.29, 1.82) is 0 Å². The van der Waals surface area contributed by atoms with Crippen LogP contribution in [0.15, 0.2) is 11.1 Å². The fraction of sp³-hybridized carbons (Fsp3) is 0.778. The van der Waals surface area contributed by atoms with Gasteiger partial charge >= 0.3 is 12.1 Å². The lowest BCUT2D eigenvalue weighted by Crippen LogP contribution is -2.36. The molecule has 1 aliphatic rings. The minimum absolute atomic E-state index is 0.220. The van der Waals surface area contributed by atoms with Gasteiger partial charge in [0, 0.05) is 0 Å². The van der Waals surface area contributed by atoms with Gasteiger partial charge in [0.1, 0.15) is 0 Å². The van der Waals surface area contributed by atoms with E-state index in [2.05, 4.69) is 0 Å². The highest BCUT2D eigenvalue weighted by molar-refractivity contribution is 6.30. The summed E-state index contributed by atoms with van der Waals surface area (Å²) in [5.41, 5.74) is -0.220. The second-order valence-corrected chi connectivity index (χ2v) is 4.79. The van der Waals surface area contributed by atoms with E-state index in [0.29, 0.717) is 6.42 Å². The number of halogens is 6. The van der Waals surface area contributed by atoms with E-state index in [4.69, 9.17) is 11.6 Å². The Bertz CT molecular complexity index is 289. The first-order valence-corrected chi connectivity index (χ1v) is 4.68. The van der Waals surface area contributed by atoms with Crippen molar-refractivity contribution in [2.24, 2.45) is 11.3 Å². The van der Waals surface area contributed by atoms with E-state index >= 15 is 0 Å². The van der Waals surface area contributed by atoms with E-state index < -0.39 is 17.1 Å². The lowest BCUT2D eigenvalue weighted by atomic mass is 10.1. The molecule has 1 atom stereocenters. The summed E-state index contributed by atoms with van der Waals surface area (Å²) in [7, 11) is 0. The van der Waals surface area contributed by atoms with Crippen LogP contribution in [0.25, 0.3) is 0 Å². The zero-order chi connectivity index (χ0) is 12.1. The topological polar surface area (TPSA) is 0 Å². The van der Waals surface area contributed by atoms with E-state index in [-0.39, 0.29) is 11.3 Å². The van der Waals surface area contributed by atoms with Crippen LogP contribution in [0.5, 0.6) is 0 Å². The summed E-state index contributed by atoms with van der Waals surface area (Å²) in [6, 6.07) is 0. The average Bonchev–Trinajstić information content (AvgIpc) is 2.55. The molecule has 0 saturated heterocycles. The zero-order valence-electron chi connectivity index (χ0n) is 8.13. The smallest absolute Gasteiger partial charge is 0.190 e. The van der Waals surface area contributed by atoms with Crippen LogP contribution in [0.2, 0.25) is 0 Å². The summed E-state index contributed by atoms with van der Waals surface area (Å²) in [6.07, 6.45) is -4.23. The van der Waals surface area contributed by atoms with Gasteiger partial charge in [-0.25, -0.2) is 0 Å². The average molecular weight is 249 g/mol. The summed E-state index contributed by atoms with van der Waals surface area (Å²) in [5, 5.41) is -1.43. The molecule has 0 bridgehead atoms. The van der Waals surface area contributed by atoms with Gasteiger partial charge in [-0.05, 0) is 17.8 Å². The first-order chi connectivity index (χ1) is 6.48. The third-order valence-corrected chi connectivity index (χ3v) is 2.96. The lowest BCUT2D eigenvalue weighted by molar-refractivity contribution is -0.261. The molecule has 0 nitrogen and oxygen atoms in total. The predicted molar refractivity (Wildman–Crippen MR) is 46.8 cm³/mol. The Hall–Kier alpha value is -0.320. The van der Waals surface area contributed by atoms with Gasteiger partial charge in [-0.3, -0.25) is 0 Å². The van der Waals surface area contributed by atoms with Gasteiger partial charge in [0.2, 0.25) is 0 Å². The van der Waals surface area contributed by atoms with Crippen LogP contribution in [-0.2, 0) is 0 Å². The Balaban J connectivity index is 2.81. The maximum atomic E-state index is 12.6. The highest BCUT2D eigenvalue weighted by Gasteiger charge is 2.60. The first kappa shape index (κ1) is 12.7. The van der Waals surface area contributed by atoms with Crippen molar-refractivity contribution in [3.8, 4) is 0 Å². The summed E-state index contributed by atoms with van der Waals surface area (Å²) >= 11 is 5.01. The van der Waals surface area contributed by atoms with Crippen LogP contribution in [0.1, 0.15) is 20.3 Å². The molecule has 6 heteroatoms. The number of alkyl halides is 5. The molecule has 88 valence electrons. The van der Waals surface area contributed by atoms with Crippen molar-refractivity contribution < 1.29 is 22.0 Å². The standard InChI is InChI=1S/C9H10ClF5/c1-7(2)4-5(7)3-6(10)8(11,12)9(13,14)15/h3,5H,4H2,1-2H3/b6-3+. The van der Waals surface area contributed by atoms with Crippen molar-refractivity contribution in [1.82, 2.24) is 0 Å². The minimum Gasteiger partial charge on any atom is -0.190 e. The highest BCUT2D eigenvalue weighted by Crippen LogP contribution is 2.54. The van der Waals surface area contributed by atoms with Crippen molar-refractivity contribution in [3.63, 3.8) is 0 Å². The molecule has 1 unspecified atom stereocenters. The van der Waals surface area contributed by atoms with Crippen molar-refractivity contribution in [3.05, 3.63) is 11.1 Å². The predicted octanol–water partition coefficient (Wildman–Crippen LogP) is 4.35. The largest absolute Gasteiger partial charge is 0.459 e. The van der Waals surface area contributed by atoms with Gasteiger partial charge in [-0.15, -0.1) is 0 Å². The molecule has 1 rings (SSSR count). The Labute approximate surface area is 89.1 Å². The Morgan fingerprint density at radius 3 is 1.93 bits per heavy atom. The van der Waals surface area contributed by atoms with Gasteiger partial charge < -0.3 is 0 Å². The molecule has 1 saturated carbocycles. The number of hydrogen-bond donors (Lipinski definition) is 0. The molecule has 0 amide bonds. The Morgan fingerprint density at radius 1 is 1.27 bits per heavy atom. The minimum atomic E-state index is -5.63. The molecule has 0 aromatic rings. The SMILES string of the molecule is CC1(C)CC1/C=C(/Cl)C(F)(F)C(F)(F)F.